The summed E-state index contributed by atoms with van der Waals surface area (Å²) in [5, 5.41) is 21.0. The van der Waals surface area contributed by atoms with Gasteiger partial charge in [-0.05, 0) is 49.2 Å². The molecular formula is C29H25F3N8OS. The number of aromatic nitrogens is 5. The Kier molecular flexibility index (Phi) is 8.08. The highest BCUT2D eigenvalue weighted by molar-refractivity contribution is 7.18. The zero-order valence-corrected chi connectivity index (χ0v) is 23.4. The highest BCUT2D eigenvalue weighted by atomic mass is 32.1. The largest absolute Gasteiger partial charge is 0.393 e. The van der Waals surface area contributed by atoms with Crippen LogP contribution >= 0.6 is 11.3 Å². The molecule has 0 spiro atoms. The number of hydrogen-bond acceptors (Lipinski definition) is 7. The van der Waals surface area contributed by atoms with Crippen molar-refractivity contribution in [1.29, 1.82) is 5.26 Å². The Hall–Kier alpha value is -4.96. The Bertz CT molecular complexity index is 1840. The summed E-state index contributed by atoms with van der Waals surface area (Å²) in [7, 11) is 0. The van der Waals surface area contributed by atoms with Gasteiger partial charge < -0.3 is 14.8 Å². The topological polar surface area (TPSA) is 116 Å². The van der Waals surface area contributed by atoms with E-state index in [9.17, 15) is 23.2 Å². The molecule has 0 aliphatic rings. The fraction of sp³-hybridized carbons (Fsp3) is 0.207. The number of alkyl halides is 3. The lowest BCUT2D eigenvalue weighted by atomic mass is 10.0. The van der Waals surface area contributed by atoms with Crippen molar-refractivity contribution >= 4 is 44.7 Å². The molecular weight excluding hydrogens is 565 g/mol. The number of anilines is 1. The maximum Gasteiger partial charge on any atom is 0.393 e. The number of carbonyl (C=O) groups is 1. The van der Waals surface area contributed by atoms with Crippen molar-refractivity contribution in [2.75, 3.05) is 5.32 Å². The van der Waals surface area contributed by atoms with Crippen molar-refractivity contribution in [2.45, 2.75) is 39.5 Å². The zero-order chi connectivity index (χ0) is 29.9. The van der Waals surface area contributed by atoms with Crippen LogP contribution < -0.4 is 5.32 Å². The molecule has 1 amide bonds. The quantitative estimate of drug-likeness (QED) is 0.148. The second-order valence-electron chi connectivity index (χ2n) is 9.52. The number of aromatic amines is 1. The number of H-pyrrole nitrogens is 1. The molecule has 4 heterocycles. The highest BCUT2D eigenvalue weighted by Gasteiger charge is 2.29. The van der Waals surface area contributed by atoms with Gasteiger partial charge in [-0.2, -0.15) is 23.5 Å². The maximum absolute atomic E-state index is 12.9. The SMILES string of the molecule is C/C=C(\C=C/N(C=O)Cc1ccc2c(cc(C#N)n2Cc2cn[nH]c2)c1C)Nc1ncnc2sc(CC(F)(F)F)cc12. The van der Waals surface area contributed by atoms with Gasteiger partial charge in [0.05, 0.1) is 31.1 Å². The van der Waals surface area contributed by atoms with Crippen LogP contribution in [0.5, 0.6) is 0 Å². The van der Waals surface area contributed by atoms with Gasteiger partial charge in [-0.1, -0.05) is 12.1 Å². The van der Waals surface area contributed by atoms with E-state index in [1.807, 2.05) is 29.7 Å². The molecule has 0 aliphatic heterocycles. The van der Waals surface area contributed by atoms with E-state index in [4.69, 9.17) is 0 Å². The molecule has 0 atom stereocenters. The first-order valence-corrected chi connectivity index (χ1v) is 13.6. The molecule has 0 unspecified atom stereocenters. The predicted molar refractivity (Wildman–Crippen MR) is 154 cm³/mol. The summed E-state index contributed by atoms with van der Waals surface area (Å²) in [5.74, 6) is 0.370. The summed E-state index contributed by atoms with van der Waals surface area (Å²) in [6.07, 6.45) is 5.23. The van der Waals surface area contributed by atoms with Crippen molar-refractivity contribution in [3.8, 4) is 6.07 Å². The number of benzene rings is 1. The summed E-state index contributed by atoms with van der Waals surface area (Å²) in [4.78, 5) is 22.4. The highest BCUT2D eigenvalue weighted by Crippen LogP contribution is 2.33. The molecule has 13 heteroatoms. The molecule has 9 nitrogen and oxygen atoms in total. The molecule has 0 bridgehead atoms. The average molecular weight is 591 g/mol. The first kappa shape index (κ1) is 28.6. The van der Waals surface area contributed by atoms with E-state index in [2.05, 4.69) is 31.6 Å². The van der Waals surface area contributed by atoms with Crippen LogP contribution in [-0.4, -0.2) is 42.2 Å². The number of rotatable bonds is 10. The van der Waals surface area contributed by atoms with Crippen molar-refractivity contribution < 1.29 is 18.0 Å². The molecule has 0 saturated heterocycles. The number of nitrogens with one attached hydrogen (secondary N) is 2. The minimum absolute atomic E-state index is 0.150. The van der Waals surface area contributed by atoms with Crippen LogP contribution in [-0.2, 0) is 24.3 Å². The monoisotopic (exact) mass is 590 g/mol. The van der Waals surface area contributed by atoms with Crippen LogP contribution in [0.1, 0.15) is 34.2 Å². The Labute approximate surface area is 242 Å². The molecule has 0 saturated carbocycles. The van der Waals surface area contributed by atoms with Gasteiger partial charge in [-0.25, -0.2) is 9.97 Å². The zero-order valence-electron chi connectivity index (χ0n) is 22.6. The molecule has 0 radical (unpaired) electrons. The predicted octanol–water partition coefficient (Wildman–Crippen LogP) is 6.19. The number of thiophene rings is 1. The van der Waals surface area contributed by atoms with Crippen LogP contribution in [0.25, 0.3) is 21.1 Å². The normalized spacial score (nSPS) is 12.3. The Morgan fingerprint density at radius 2 is 2.10 bits per heavy atom. The van der Waals surface area contributed by atoms with Crippen molar-refractivity contribution in [3.05, 3.63) is 94.3 Å². The molecule has 4 aromatic heterocycles. The van der Waals surface area contributed by atoms with Gasteiger partial charge in [0.15, 0.2) is 0 Å². The third-order valence-electron chi connectivity index (χ3n) is 6.74. The van der Waals surface area contributed by atoms with Crippen LogP contribution in [0.4, 0.5) is 19.0 Å². The standard InChI is InChI=1S/C29H25F3N8OS/c1-3-21(38-27-25-9-23(10-29(30,31)32)42-28(25)35-16-34-27)6-7-39(17-41)15-20-4-5-26-24(18(20)2)8-22(11-33)40(26)14-19-12-36-37-13-19/h3-9,12-13,16-17H,10,14-15H2,1-2H3,(H,36,37)(H,34,35,38)/b7-6-,21-3+. The lowest BCUT2D eigenvalue weighted by Crippen LogP contribution is -2.15. The summed E-state index contributed by atoms with van der Waals surface area (Å²) in [6, 6.07) is 9.44. The summed E-state index contributed by atoms with van der Waals surface area (Å²) in [6.45, 7) is 4.53. The fourth-order valence-electron chi connectivity index (χ4n) is 4.64. The van der Waals surface area contributed by atoms with E-state index in [-0.39, 0.29) is 11.4 Å². The van der Waals surface area contributed by atoms with Crippen LogP contribution in [0.3, 0.4) is 0 Å². The summed E-state index contributed by atoms with van der Waals surface area (Å²) in [5.41, 5.74) is 4.83. The van der Waals surface area contributed by atoms with Crippen molar-refractivity contribution in [3.63, 3.8) is 0 Å². The molecule has 1 aromatic carbocycles. The van der Waals surface area contributed by atoms with Gasteiger partial charge in [0, 0.05) is 39.4 Å². The molecule has 0 fully saturated rings. The van der Waals surface area contributed by atoms with Gasteiger partial charge in [-0.15, -0.1) is 11.3 Å². The number of allylic oxidation sites excluding steroid dienone is 2. The van der Waals surface area contributed by atoms with Gasteiger partial charge in [0.1, 0.15) is 28.7 Å². The third kappa shape index (κ3) is 6.18. The van der Waals surface area contributed by atoms with Gasteiger partial charge >= 0.3 is 6.18 Å². The van der Waals surface area contributed by atoms with Crippen molar-refractivity contribution in [1.82, 2.24) is 29.6 Å². The van der Waals surface area contributed by atoms with E-state index in [0.717, 1.165) is 38.9 Å². The number of amides is 1. The first-order valence-electron chi connectivity index (χ1n) is 12.8. The Balaban J connectivity index is 1.34. The Morgan fingerprint density at radius 1 is 1.26 bits per heavy atom. The number of carbonyl (C=O) groups excluding carboxylic acids is 1. The summed E-state index contributed by atoms with van der Waals surface area (Å²) < 4.78 is 40.6. The van der Waals surface area contributed by atoms with E-state index in [1.54, 1.807) is 37.7 Å². The van der Waals surface area contributed by atoms with E-state index >= 15 is 0 Å². The molecule has 214 valence electrons. The second kappa shape index (κ2) is 11.9. The first-order chi connectivity index (χ1) is 20.2. The average Bonchev–Trinajstić information content (AvgIpc) is 3.70. The number of fused-ring (bicyclic) bond motifs is 2. The number of nitrogens with zero attached hydrogens (tertiary/aromatic N) is 6. The molecule has 2 N–H and O–H groups in total. The number of aryl methyl sites for hydroxylation is 1. The second-order valence-corrected chi connectivity index (χ2v) is 10.6. The van der Waals surface area contributed by atoms with Crippen LogP contribution in [0, 0.1) is 18.3 Å². The minimum atomic E-state index is -4.32. The number of hydrogen-bond donors (Lipinski definition) is 2. The third-order valence-corrected chi connectivity index (χ3v) is 7.78. The Morgan fingerprint density at radius 3 is 2.79 bits per heavy atom. The smallest absolute Gasteiger partial charge is 0.340 e. The molecule has 42 heavy (non-hydrogen) atoms. The summed E-state index contributed by atoms with van der Waals surface area (Å²) >= 11 is 0.976. The van der Waals surface area contributed by atoms with Crippen molar-refractivity contribution in [2.24, 2.45) is 0 Å². The number of halogens is 3. The fourth-order valence-corrected chi connectivity index (χ4v) is 5.66. The molecule has 5 aromatic rings. The number of nitriles is 1. The van der Waals surface area contributed by atoms with E-state index in [1.165, 1.54) is 17.3 Å². The van der Waals surface area contributed by atoms with Gasteiger partial charge in [0.2, 0.25) is 6.41 Å². The lowest BCUT2D eigenvalue weighted by molar-refractivity contribution is -0.126. The van der Waals surface area contributed by atoms with Crippen LogP contribution in [0.15, 0.2) is 67.0 Å². The lowest BCUT2D eigenvalue weighted by Gasteiger charge is -2.16. The maximum atomic E-state index is 12.9. The molecule has 0 aliphatic carbocycles. The van der Waals surface area contributed by atoms with Crippen LogP contribution in [0.2, 0.25) is 0 Å². The van der Waals surface area contributed by atoms with E-state index in [0.29, 0.717) is 40.4 Å². The van der Waals surface area contributed by atoms with Gasteiger partial charge in [-0.3, -0.25) is 9.89 Å². The minimum Gasteiger partial charge on any atom is -0.340 e. The van der Waals surface area contributed by atoms with E-state index < -0.39 is 12.6 Å². The molecule has 5 rings (SSSR count). The van der Waals surface area contributed by atoms with Gasteiger partial charge in [0.25, 0.3) is 0 Å².